The van der Waals surface area contributed by atoms with E-state index in [2.05, 4.69) is 10.6 Å². The lowest BCUT2D eigenvalue weighted by atomic mass is 9.77. The maximum atomic E-state index is 10.6. The topological polar surface area (TPSA) is 61.4 Å². The lowest BCUT2D eigenvalue weighted by molar-refractivity contribution is -0.136. The minimum atomic E-state index is -0.745. The molecule has 0 amide bonds. The summed E-state index contributed by atoms with van der Waals surface area (Å²) in [6, 6.07) is 1.01. The summed E-state index contributed by atoms with van der Waals surface area (Å²) in [6.45, 7) is 1.24. The third-order valence-electron chi connectivity index (χ3n) is 4.20. The molecule has 17 heavy (non-hydrogen) atoms. The van der Waals surface area contributed by atoms with Crippen LogP contribution in [0.2, 0.25) is 0 Å². The predicted octanol–water partition coefficient (Wildman–Crippen LogP) is 1.36. The zero-order chi connectivity index (χ0) is 12.1. The molecule has 4 nitrogen and oxygen atoms in total. The fourth-order valence-corrected chi connectivity index (χ4v) is 3.36. The van der Waals surface area contributed by atoms with E-state index in [0.717, 1.165) is 13.0 Å². The van der Waals surface area contributed by atoms with Gasteiger partial charge in [-0.15, -0.1) is 0 Å². The lowest BCUT2D eigenvalue weighted by Gasteiger charge is -2.39. The van der Waals surface area contributed by atoms with Gasteiger partial charge in [0.25, 0.3) is 0 Å². The molecule has 1 saturated carbocycles. The Bertz CT molecular complexity index is 252. The van der Waals surface area contributed by atoms with Crippen LogP contribution in [0.4, 0.5) is 0 Å². The Hall–Kier alpha value is -0.610. The zero-order valence-corrected chi connectivity index (χ0v) is 10.5. The first-order valence-corrected chi connectivity index (χ1v) is 6.96. The van der Waals surface area contributed by atoms with Crippen molar-refractivity contribution in [3.63, 3.8) is 0 Å². The highest BCUT2D eigenvalue weighted by Crippen LogP contribution is 2.30. The molecule has 3 N–H and O–H groups in total. The number of carboxylic acids is 1. The summed E-state index contributed by atoms with van der Waals surface area (Å²) in [4.78, 5) is 10.6. The van der Waals surface area contributed by atoms with Gasteiger partial charge in [0, 0.05) is 12.1 Å². The molecule has 0 bridgehead atoms. The average molecular weight is 240 g/mol. The number of piperidine rings is 1. The van der Waals surface area contributed by atoms with E-state index in [4.69, 9.17) is 5.11 Å². The number of carboxylic acid groups (broad SMARTS) is 1. The van der Waals surface area contributed by atoms with Crippen molar-refractivity contribution >= 4 is 5.97 Å². The van der Waals surface area contributed by atoms with Crippen LogP contribution in [-0.4, -0.2) is 36.2 Å². The summed E-state index contributed by atoms with van der Waals surface area (Å²) in [5.74, 6) is -0.116. The summed E-state index contributed by atoms with van der Waals surface area (Å²) >= 11 is 0. The van der Waals surface area contributed by atoms with Gasteiger partial charge in [-0.25, -0.2) is 0 Å². The molecule has 3 unspecified atom stereocenters. The Morgan fingerprint density at radius 2 is 1.94 bits per heavy atom. The highest BCUT2D eigenvalue weighted by molar-refractivity contribution is 5.69. The first-order chi connectivity index (χ1) is 8.27. The van der Waals surface area contributed by atoms with Crippen LogP contribution < -0.4 is 10.6 Å². The number of rotatable bonds is 4. The number of hydrogen-bond donors (Lipinski definition) is 3. The van der Waals surface area contributed by atoms with E-state index < -0.39 is 5.97 Å². The van der Waals surface area contributed by atoms with E-state index in [1.165, 1.54) is 38.5 Å². The van der Waals surface area contributed by atoms with Gasteiger partial charge in [0.2, 0.25) is 0 Å². The molecule has 1 aliphatic carbocycles. The standard InChI is InChI=1S/C13H24N2O2/c16-13(17)9-15-12-6-2-1-5-10(12)11-7-3-4-8-14-11/h10-12,14-15H,1-9H2,(H,16,17). The molecule has 4 heteroatoms. The average Bonchev–Trinajstić information content (AvgIpc) is 2.38. The van der Waals surface area contributed by atoms with E-state index in [1.807, 2.05) is 0 Å². The van der Waals surface area contributed by atoms with E-state index in [0.29, 0.717) is 18.0 Å². The minimum absolute atomic E-state index is 0.105. The Kier molecular flexibility index (Phi) is 4.80. The van der Waals surface area contributed by atoms with E-state index >= 15 is 0 Å². The van der Waals surface area contributed by atoms with Crippen LogP contribution >= 0.6 is 0 Å². The highest BCUT2D eigenvalue weighted by Gasteiger charge is 2.32. The highest BCUT2D eigenvalue weighted by atomic mass is 16.4. The molecule has 2 rings (SSSR count). The van der Waals surface area contributed by atoms with Crippen LogP contribution in [0.15, 0.2) is 0 Å². The van der Waals surface area contributed by atoms with Crippen molar-refractivity contribution in [2.75, 3.05) is 13.1 Å². The Morgan fingerprint density at radius 1 is 1.18 bits per heavy atom. The normalized spacial score (nSPS) is 34.5. The minimum Gasteiger partial charge on any atom is -0.480 e. The van der Waals surface area contributed by atoms with Crippen LogP contribution in [0.3, 0.4) is 0 Å². The number of aliphatic carboxylic acids is 1. The summed E-state index contributed by atoms with van der Waals surface area (Å²) in [6.07, 6.45) is 8.78. The van der Waals surface area contributed by atoms with Crippen molar-refractivity contribution in [3.05, 3.63) is 0 Å². The summed E-state index contributed by atoms with van der Waals surface area (Å²) in [5.41, 5.74) is 0. The molecule has 0 aromatic rings. The Morgan fingerprint density at radius 3 is 2.65 bits per heavy atom. The van der Waals surface area contributed by atoms with Gasteiger partial charge in [0.15, 0.2) is 0 Å². The maximum Gasteiger partial charge on any atom is 0.317 e. The van der Waals surface area contributed by atoms with Crippen LogP contribution in [0.25, 0.3) is 0 Å². The molecule has 2 fully saturated rings. The van der Waals surface area contributed by atoms with Crippen LogP contribution in [-0.2, 0) is 4.79 Å². The van der Waals surface area contributed by atoms with Crippen molar-refractivity contribution in [3.8, 4) is 0 Å². The van der Waals surface area contributed by atoms with Gasteiger partial charge < -0.3 is 15.7 Å². The SMILES string of the molecule is O=C(O)CNC1CCCCC1C1CCCCN1. The first-order valence-electron chi connectivity index (χ1n) is 6.96. The van der Waals surface area contributed by atoms with Crippen LogP contribution in [0, 0.1) is 5.92 Å². The molecule has 1 aliphatic heterocycles. The molecule has 98 valence electrons. The molecule has 0 radical (unpaired) electrons. The Balaban J connectivity index is 1.88. The fraction of sp³-hybridized carbons (Fsp3) is 0.923. The van der Waals surface area contributed by atoms with E-state index in [-0.39, 0.29) is 6.54 Å². The van der Waals surface area contributed by atoms with Gasteiger partial charge in [-0.1, -0.05) is 19.3 Å². The molecule has 0 spiro atoms. The van der Waals surface area contributed by atoms with Crippen LogP contribution in [0.1, 0.15) is 44.9 Å². The molecule has 0 aromatic carbocycles. The number of carbonyl (C=O) groups is 1. The third kappa shape index (κ3) is 3.68. The van der Waals surface area contributed by atoms with Crippen molar-refractivity contribution in [1.29, 1.82) is 0 Å². The van der Waals surface area contributed by atoms with Gasteiger partial charge >= 0.3 is 5.97 Å². The van der Waals surface area contributed by atoms with Crippen molar-refractivity contribution in [1.82, 2.24) is 10.6 Å². The fourth-order valence-electron chi connectivity index (χ4n) is 3.36. The largest absolute Gasteiger partial charge is 0.480 e. The quantitative estimate of drug-likeness (QED) is 0.694. The van der Waals surface area contributed by atoms with Gasteiger partial charge in [-0.05, 0) is 38.1 Å². The molecule has 1 heterocycles. The van der Waals surface area contributed by atoms with Gasteiger partial charge in [-0.2, -0.15) is 0 Å². The predicted molar refractivity (Wildman–Crippen MR) is 67.0 cm³/mol. The second kappa shape index (κ2) is 6.36. The monoisotopic (exact) mass is 240 g/mol. The summed E-state index contributed by atoms with van der Waals surface area (Å²) in [7, 11) is 0. The smallest absolute Gasteiger partial charge is 0.317 e. The van der Waals surface area contributed by atoms with E-state index in [1.54, 1.807) is 0 Å². The third-order valence-corrected chi connectivity index (χ3v) is 4.20. The molecule has 0 aromatic heterocycles. The molecule has 1 saturated heterocycles. The Labute approximate surface area is 103 Å². The maximum absolute atomic E-state index is 10.6. The van der Waals surface area contributed by atoms with Gasteiger partial charge in [-0.3, -0.25) is 4.79 Å². The van der Waals surface area contributed by atoms with Crippen molar-refractivity contribution in [2.45, 2.75) is 57.0 Å². The van der Waals surface area contributed by atoms with Crippen molar-refractivity contribution < 1.29 is 9.90 Å². The summed E-state index contributed by atoms with van der Waals surface area (Å²) in [5, 5.41) is 15.6. The second-order valence-electron chi connectivity index (χ2n) is 5.39. The first kappa shape index (κ1) is 12.8. The molecule has 3 atom stereocenters. The molecular formula is C13H24N2O2. The molecular weight excluding hydrogens is 216 g/mol. The number of hydrogen-bond acceptors (Lipinski definition) is 3. The van der Waals surface area contributed by atoms with Gasteiger partial charge in [0.1, 0.15) is 0 Å². The van der Waals surface area contributed by atoms with Crippen LogP contribution in [0.5, 0.6) is 0 Å². The zero-order valence-electron chi connectivity index (χ0n) is 10.5. The van der Waals surface area contributed by atoms with E-state index in [9.17, 15) is 4.79 Å². The number of nitrogens with one attached hydrogen (secondary N) is 2. The summed E-state index contributed by atoms with van der Waals surface area (Å²) < 4.78 is 0. The second-order valence-corrected chi connectivity index (χ2v) is 5.39. The van der Waals surface area contributed by atoms with Crippen molar-refractivity contribution in [2.24, 2.45) is 5.92 Å². The molecule has 2 aliphatic rings. The van der Waals surface area contributed by atoms with Gasteiger partial charge in [0.05, 0.1) is 6.54 Å². The lowest BCUT2D eigenvalue weighted by Crippen LogP contribution is -2.51.